The molecule has 1 aliphatic heterocycles. The first kappa shape index (κ1) is 19.2. The molecule has 0 saturated heterocycles. The standard InChI is InChI=1S/C16H17F3N2O3S/c1-9-13(12(8-22)21-15(25)20-9)14(23)24-6-5-10-3-2-4-11(7-10)16(17,18)19/h2-4,7,12,22H,5-6,8H2,1H3,(H2,20,21,25). The molecule has 1 aliphatic rings. The summed E-state index contributed by atoms with van der Waals surface area (Å²) in [6.45, 7) is 1.19. The predicted octanol–water partition coefficient (Wildman–Crippen LogP) is 1.90. The molecule has 3 N–H and O–H groups in total. The number of carbonyl (C=O) groups is 1. The summed E-state index contributed by atoms with van der Waals surface area (Å²) in [7, 11) is 0. The topological polar surface area (TPSA) is 70.6 Å². The van der Waals surface area contributed by atoms with Crippen molar-refractivity contribution in [1.29, 1.82) is 0 Å². The Morgan fingerprint density at radius 1 is 1.40 bits per heavy atom. The van der Waals surface area contributed by atoms with Gasteiger partial charge in [0.05, 0.1) is 30.4 Å². The van der Waals surface area contributed by atoms with Crippen LogP contribution in [0.1, 0.15) is 18.1 Å². The molecule has 136 valence electrons. The Morgan fingerprint density at radius 2 is 2.12 bits per heavy atom. The molecule has 1 aromatic rings. The van der Waals surface area contributed by atoms with Gasteiger partial charge in [-0.15, -0.1) is 0 Å². The van der Waals surface area contributed by atoms with Gasteiger partial charge in [0.25, 0.3) is 0 Å². The molecule has 1 heterocycles. The van der Waals surface area contributed by atoms with Crippen molar-refractivity contribution in [3.63, 3.8) is 0 Å². The van der Waals surface area contributed by atoms with Crippen LogP contribution in [0.4, 0.5) is 13.2 Å². The van der Waals surface area contributed by atoms with Gasteiger partial charge in [-0.3, -0.25) is 0 Å². The summed E-state index contributed by atoms with van der Waals surface area (Å²) in [6.07, 6.45) is -4.27. The molecule has 0 aliphatic carbocycles. The lowest BCUT2D eigenvalue weighted by Gasteiger charge is -2.28. The van der Waals surface area contributed by atoms with Crippen LogP contribution in [0.2, 0.25) is 0 Å². The Labute approximate surface area is 147 Å². The van der Waals surface area contributed by atoms with Crippen LogP contribution in [0.3, 0.4) is 0 Å². The molecule has 0 aromatic heterocycles. The predicted molar refractivity (Wildman–Crippen MR) is 88.6 cm³/mol. The summed E-state index contributed by atoms with van der Waals surface area (Å²) in [5.41, 5.74) is 0.338. The summed E-state index contributed by atoms with van der Waals surface area (Å²) in [5.74, 6) is -0.661. The first-order chi connectivity index (χ1) is 11.7. The lowest BCUT2D eigenvalue weighted by molar-refractivity contribution is -0.140. The molecule has 1 atom stereocenters. The molecule has 5 nitrogen and oxygen atoms in total. The van der Waals surface area contributed by atoms with E-state index < -0.39 is 23.8 Å². The number of hydrogen-bond acceptors (Lipinski definition) is 4. The van der Waals surface area contributed by atoms with Crippen LogP contribution in [-0.2, 0) is 22.1 Å². The van der Waals surface area contributed by atoms with E-state index in [0.29, 0.717) is 11.3 Å². The van der Waals surface area contributed by atoms with E-state index in [1.807, 2.05) is 0 Å². The van der Waals surface area contributed by atoms with Crippen molar-refractivity contribution < 1.29 is 27.8 Å². The van der Waals surface area contributed by atoms with Gasteiger partial charge >= 0.3 is 12.1 Å². The highest BCUT2D eigenvalue weighted by atomic mass is 32.1. The summed E-state index contributed by atoms with van der Waals surface area (Å²) in [4.78, 5) is 12.2. The monoisotopic (exact) mass is 374 g/mol. The van der Waals surface area contributed by atoms with Crippen LogP contribution in [-0.4, -0.2) is 35.4 Å². The fourth-order valence-corrected chi connectivity index (χ4v) is 2.74. The van der Waals surface area contributed by atoms with Crippen LogP contribution < -0.4 is 10.6 Å². The molecular weight excluding hydrogens is 357 g/mol. The average Bonchev–Trinajstić information content (AvgIpc) is 2.53. The van der Waals surface area contributed by atoms with Gasteiger partial charge in [-0.25, -0.2) is 4.79 Å². The molecule has 0 amide bonds. The minimum Gasteiger partial charge on any atom is -0.462 e. The Balaban J connectivity index is 1.99. The fraction of sp³-hybridized carbons (Fsp3) is 0.375. The number of hydrogen-bond donors (Lipinski definition) is 3. The number of thiocarbonyl (C=S) groups is 1. The normalized spacial score (nSPS) is 17.8. The highest BCUT2D eigenvalue weighted by Gasteiger charge is 2.31. The zero-order chi connectivity index (χ0) is 18.6. The zero-order valence-corrected chi connectivity index (χ0v) is 14.1. The van der Waals surface area contributed by atoms with Crippen LogP contribution in [0.15, 0.2) is 35.5 Å². The van der Waals surface area contributed by atoms with Crippen LogP contribution in [0.25, 0.3) is 0 Å². The summed E-state index contributed by atoms with van der Waals surface area (Å²) < 4.78 is 43.2. The van der Waals surface area contributed by atoms with E-state index in [-0.39, 0.29) is 30.3 Å². The number of nitrogens with one attached hydrogen (secondary N) is 2. The lowest BCUT2D eigenvalue weighted by Crippen LogP contribution is -2.51. The molecule has 0 spiro atoms. The molecule has 1 unspecified atom stereocenters. The maximum absolute atomic E-state index is 12.7. The maximum Gasteiger partial charge on any atom is 0.416 e. The van der Waals surface area contributed by atoms with Crippen molar-refractivity contribution in [2.24, 2.45) is 0 Å². The second kappa shape index (κ2) is 7.83. The second-order valence-electron chi connectivity index (χ2n) is 5.46. The summed E-state index contributed by atoms with van der Waals surface area (Å²) in [5, 5.41) is 15.2. The molecule has 0 fully saturated rings. The number of rotatable bonds is 5. The Hall–Kier alpha value is -2.13. The van der Waals surface area contributed by atoms with Gasteiger partial charge in [-0.05, 0) is 30.8 Å². The molecular formula is C16H17F3N2O3S. The van der Waals surface area contributed by atoms with E-state index in [1.54, 1.807) is 6.92 Å². The first-order valence-electron chi connectivity index (χ1n) is 7.44. The second-order valence-corrected chi connectivity index (χ2v) is 5.86. The number of ether oxygens (including phenoxy) is 1. The number of esters is 1. The minimum atomic E-state index is -4.42. The van der Waals surface area contributed by atoms with E-state index >= 15 is 0 Å². The number of halogens is 3. The van der Waals surface area contributed by atoms with Gasteiger partial charge in [0.2, 0.25) is 0 Å². The SMILES string of the molecule is CC1=C(C(=O)OCCc2cccc(C(F)(F)F)c2)C(CO)NC(=S)N1. The first-order valence-corrected chi connectivity index (χ1v) is 7.85. The maximum atomic E-state index is 12.7. The van der Waals surface area contributed by atoms with Gasteiger partial charge < -0.3 is 20.5 Å². The third-order valence-electron chi connectivity index (χ3n) is 3.64. The van der Waals surface area contributed by atoms with Gasteiger partial charge in [0.15, 0.2) is 5.11 Å². The molecule has 2 rings (SSSR count). The Kier molecular flexibility index (Phi) is 6.02. The van der Waals surface area contributed by atoms with Gasteiger partial charge in [-0.2, -0.15) is 13.2 Å². The number of benzene rings is 1. The van der Waals surface area contributed by atoms with E-state index in [4.69, 9.17) is 17.0 Å². The fourth-order valence-electron chi connectivity index (χ4n) is 2.44. The third-order valence-corrected chi connectivity index (χ3v) is 3.86. The molecule has 0 bridgehead atoms. The van der Waals surface area contributed by atoms with Crippen LogP contribution in [0, 0.1) is 0 Å². The van der Waals surface area contributed by atoms with E-state index in [9.17, 15) is 23.1 Å². The number of allylic oxidation sites excluding steroid dienone is 1. The smallest absolute Gasteiger partial charge is 0.416 e. The highest BCUT2D eigenvalue weighted by Crippen LogP contribution is 2.29. The van der Waals surface area contributed by atoms with E-state index in [0.717, 1.165) is 12.1 Å². The van der Waals surface area contributed by atoms with Crippen molar-refractivity contribution in [3.05, 3.63) is 46.7 Å². The molecule has 9 heteroatoms. The molecule has 25 heavy (non-hydrogen) atoms. The zero-order valence-electron chi connectivity index (χ0n) is 13.3. The largest absolute Gasteiger partial charge is 0.462 e. The quantitative estimate of drug-likeness (QED) is 0.540. The third kappa shape index (κ3) is 4.93. The number of aliphatic hydroxyl groups is 1. The Bertz CT molecular complexity index is 704. The Morgan fingerprint density at radius 3 is 2.76 bits per heavy atom. The van der Waals surface area contributed by atoms with Crippen molar-refractivity contribution in [3.8, 4) is 0 Å². The van der Waals surface area contributed by atoms with Crippen molar-refractivity contribution >= 4 is 23.3 Å². The number of alkyl halides is 3. The summed E-state index contributed by atoms with van der Waals surface area (Å²) in [6, 6.07) is 4.17. The van der Waals surface area contributed by atoms with E-state index in [1.165, 1.54) is 12.1 Å². The number of aliphatic hydroxyl groups excluding tert-OH is 1. The van der Waals surface area contributed by atoms with Crippen LogP contribution in [0.5, 0.6) is 0 Å². The number of carbonyl (C=O) groups excluding carboxylic acids is 1. The van der Waals surface area contributed by atoms with Crippen molar-refractivity contribution in [2.45, 2.75) is 25.6 Å². The van der Waals surface area contributed by atoms with Gasteiger partial charge in [-0.1, -0.05) is 18.2 Å². The van der Waals surface area contributed by atoms with Gasteiger partial charge in [0, 0.05) is 12.1 Å². The van der Waals surface area contributed by atoms with Crippen LogP contribution >= 0.6 is 12.2 Å². The van der Waals surface area contributed by atoms with E-state index in [2.05, 4.69) is 10.6 Å². The summed E-state index contributed by atoms with van der Waals surface area (Å²) >= 11 is 4.95. The average molecular weight is 374 g/mol. The molecule has 0 saturated carbocycles. The van der Waals surface area contributed by atoms with Crippen molar-refractivity contribution in [1.82, 2.24) is 10.6 Å². The van der Waals surface area contributed by atoms with Crippen molar-refractivity contribution in [2.75, 3.05) is 13.2 Å². The molecule has 1 aromatic carbocycles. The molecule has 0 radical (unpaired) electrons. The highest BCUT2D eigenvalue weighted by molar-refractivity contribution is 7.80. The lowest BCUT2D eigenvalue weighted by atomic mass is 10.0. The minimum absolute atomic E-state index is 0.0838. The van der Waals surface area contributed by atoms with Gasteiger partial charge in [0.1, 0.15) is 0 Å².